The van der Waals surface area contributed by atoms with Crippen LogP contribution >= 0.6 is 0 Å². The van der Waals surface area contributed by atoms with Crippen molar-refractivity contribution in [3.8, 4) is 55.9 Å². The summed E-state index contributed by atoms with van der Waals surface area (Å²) in [5, 5.41) is 2.50. The Morgan fingerprint density at radius 1 is 0.414 bits per heavy atom. The number of nitrogens with zero attached hydrogens (tertiary/aromatic N) is 3. The highest BCUT2D eigenvalue weighted by molar-refractivity contribution is 6.10. The van der Waals surface area contributed by atoms with Crippen LogP contribution in [0.5, 0.6) is 0 Å². The third-order valence-corrected chi connectivity index (χ3v) is 15.7. The molecule has 3 nitrogen and oxygen atoms in total. The molecular weight excluding hydrogens is 847 g/mol. The topological polar surface area (TPSA) is 22.8 Å². The molecule has 0 atom stereocenters. The Morgan fingerprint density at radius 2 is 0.986 bits per heavy atom. The zero-order chi connectivity index (χ0) is 46.1. The first-order valence-corrected chi connectivity index (χ1v) is 24.7. The fourth-order valence-corrected chi connectivity index (χ4v) is 12.9. The van der Waals surface area contributed by atoms with Crippen LogP contribution in [0.4, 0.5) is 0 Å². The van der Waals surface area contributed by atoms with Crippen LogP contribution < -0.4 is 0 Å². The van der Waals surface area contributed by atoms with Crippen LogP contribution in [-0.4, -0.2) is 14.1 Å². The third-order valence-electron chi connectivity index (χ3n) is 15.7. The monoisotopic (exact) mass is 891 g/mol. The lowest BCUT2D eigenvalue weighted by atomic mass is 9.70. The van der Waals surface area contributed by atoms with Crippen molar-refractivity contribution in [3.05, 3.63) is 275 Å². The van der Waals surface area contributed by atoms with E-state index < -0.39 is 5.41 Å². The smallest absolute Gasteiger partial charge is 0.114 e. The van der Waals surface area contributed by atoms with Crippen LogP contribution in [-0.2, 0) is 18.3 Å². The summed E-state index contributed by atoms with van der Waals surface area (Å²) in [5.41, 5.74) is 27.1. The number of aromatic nitrogens is 3. The molecule has 0 amide bonds. The summed E-state index contributed by atoms with van der Waals surface area (Å²) in [4.78, 5) is 5.01. The van der Waals surface area contributed by atoms with E-state index in [0.717, 1.165) is 46.6 Å². The van der Waals surface area contributed by atoms with E-state index in [9.17, 15) is 0 Å². The lowest BCUT2D eigenvalue weighted by molar-refractivity contribution is 0.794. The highest BCUT2D eigenvalue weighted by Crippen LogP contribution is 2.65. The van der Waals surface area contributed by atoms with Gasteiger partial charge < -0.3 is 4.57 Å². The second-order valence-corrected chi connectivity index (χ2v) is 19.2. The van der Waals surface area contributed by atoms with Crippen molar-refractivity contribution in [1.29, 1.82) is 0 Å². The minimum absolute atomic E-state index is 0.435. The van der Waals surface area contributed by atoms with Crippen molar-refractivity contribution in [1.82, 2.24) is 14.1 Å². The fraction of sp³-hybridized carbons (Fsp3) is 0.0597. The predicted molar refractivity (Wildman–Crippen MR) is 289 cm³/mol. The third kappa shape index (κ3) is 5.32. The van der Waals surface area contributed by atoms with E-state index in [1.165, 1.54) is 105 Å². The first kappa shape index (κ1) is 39.2. The van der Waals surface area contributed by atoms with Crippen molar-refractivity contribution in [2.75, 3.05) is 0 Å². The van der Waals surface area contributed by atoms with E-state index in [1.807, 2.05) is 0 Å². The molecule has 2 heterocycles. The molecule has 10 aromatic carbocycles. The van der Waals surface area contributed by atoms with Gasteiger partial charge in [-0.15, -0.1) is 0 Å². The Kier molecular flexibility index (Phi) is 8.32. The Bertz CT molecular complexity index is 4100. The number of hydrogen-bond acceptors (Lipinski definition) is 1. The molecule has 328 valence electrons. The van der Waals surface area contributed by atoms with Gasteiger partial charge in [0.05, 0.1) is 27.5 Å². The number of imidazole rings is 1. The van der Waals surface area contributed by atoms with E-state index in [1.54, 1.807) is 0 Å². The summed E-state index contributed by atoms with van der Waals surface area (Å²) < 4.78 is 4.79. The molecule has 0 aliphatic heterocycles. The van der Waals surface area contributed by atoms with E-state index in [0.29, 0.717) is 0 Å². The zero-order valence-electron chi connectivity index (χ0n) is 38.7. The molecule has 1 spiro atoms. The maximum Gasteiger partial charge on any atom is 0.114 e. The van der Waals surface area contributed by atoms with Gasteiger partial charge in [-0.2, -0.15) is 0 Å². The van der Waals surface area contributed by atoms with Crippen molar-refractivity contribution in [2.45, 2.75) is 25.2 Å². The van der Waals surface area contributed by atoms with Gasteiger partial charge in [0.15, 0.2) is 0 Å². The summed E-state index contributed by atoms with van der Waals surface area (Å²) in [5.74, 6) is 1.06. The van der Waals surface area contributed by atoms with E-state index >= 15 is 0 Å². The molecule has 0 saturated carbocycles. The highest BCUT2D eigenvalue weighted by atomic mass is 15.1. The molecule has 3 aliphatic carbocycles. The van der Waals surface area contributed by atoms with E-state index in [2.05, 4.69) is 247 Å². The number of fused-ring (bicyclic) bond motifs is 18. The molecule has 0 fully saturated rings. The van der Waals surface area contributed by atoms with Gasteiger partial charge in [0.25, 0.3) is 0 Å². The quantitative estimate of drug-likeness (QED) is 0.169. The average molecular weight is 892 g/mol. The lowest BCUT2D eigenvalue weighted by Gasteiger charge is -2.31. The van der Waals surface area contributed by atoms with Crippen LogP contribution in [0.2, 0.25) is 0 Å². The zero-order valence-corrected chi connectivity index (χ0v) is 38.7. The minimum atomic E-state index is -0.435. The molecule has 3 heteroatoms. The average Bonchev–Trinajstić information content (AvgIpc) is 4.12. The van der Waals surface area contributed by atoms with Crippen molar-refractivity contribution in [3.63, 3.8) is 0 Å². The number of hydrogen-bond donors (Lipinski definition) is 0. The Labute approximate surface area is 406 Å². The molecule has 0 bridgehead atoms. The Morgan fingerprint density at radius 3 is 1.69 bits per heavy atom. The van der Waals surface area contributed by atoms with Crippen molar-refractivity contribution >= 4 is 38.4 Å². The molecular formula is C67H45N3. The number of allylic oxidation sites excluding steroid dienone is 1. The fourth-order valence-electron chi connectivity index (χ4n) is 12.9. The molecule has 0 unspecified atom stereocenters. The summed E-state index contributed by atoms with van der Waals surface area (Å²) in [7, 11) is 0. The predicted octanol–water partition coefficient (Wildman–Crippen LogP) is 16.4. The lowest BCUT2D eigenvalue weighted by Crippen LogP contribution is -2.25. The van der Waals surface area contributed by atoms with Gasteiger partial charge in [0, 0.05) is 28.6 Å². The maximum atomic E-state index is 5.01. The first-order chi connectivity index (χ1) is 34.7. The van der Waals surface area contributed by atoms with Crippen molar-refractivity contribution in [2.24, 2.45) is 0 Å². The normalized spacial score (nSPS) is 13.7. The second kappa shape index (κ2) is 14.9. The van der Waals surface area contributed by atoms with Crippen LogP contribution in [0, 0.1) is 0 Å². The summed E-state index contributed by atoms with van der Waals surface area (Å²) >= 11 is 0. The molecule has 3 aliphatic rings. The summed E-state index contributed by atoms with van der Waals surface area (Å²) in [6, 6.07) is 84.1. The van der Waals surface area contributed by atoms with Gasteiger partial charge in [0.1, 0.15) is 5.82 Å². The maximum absolute atomic E-state index is 5.01. The number of aryl methyl sites for hydroxylation is 1. The number of benzene rings is 10. The van der Waals surface area contributed by atoms with Crippen LogP contribution in [0.3, 0.4) is 0 Å². The van der Waals surface area contributed by atoms with Gasteiger partial charge in [-0.25, -0.2) is 4.98 Å². The van der Waals surface area contributed by atoms with Gasteiger partial charge in [0.2, 0.25) is 0 Å². The van der Waals surface area contributed by atoms with E-state index in [4.69, 9.17) is 4.98 Å². The molecule has 70 heavy (non-hydrogen) atoms. The first-order valence-electron chi connectivity index (χ1n) is 24.7. The SMILES string of the molecule is CCc1nc2ccccc2n1-c1ccc(-c2cc(C3=CCc4ccccc4-c4c3ccc3c4-c4ccccc4C34c3ccccc3-c3ccccc34)cc(-n3c4ccccc4c4ccccc43)c2)cc1. The summed E-state index contributed by atoms with van der Waals surface area (Å²) in [6.45, 7) is 2.18. The molecule has 0 N–H and O–H groups in total. The minimum Gasteiger partial charge on any atom is -0.309 e. The van der Waals surface area contributed by atoms with Gasteiger partial charge >= 0.3 is 0 Å². The molecule has 0 saturated heterocycles. The Hall–Kier alpha value is -8.79. The molecule has 12 aromatic rings. The largest absolute Gasteiger partial charge is 0.309 e. The van der Waals surface area contributed by atoms with Gasteiger partial charge in [-0.05, 0) is 150 Å². The van der Waals surface area contributed by atoms with Crippen LogP contribution in [0.1, 0.15) is 51.7 Å². The van der Waals surface area contributed by atoms with E-state index in [-0.39, 0.29) is 0 Å². The molecule has 2 aromatic heterocycles. The van der Waals surface area contributed by atoms with Crippen molar-refractivity contribution < 1.29 is 0 Å². The van der Waals surface area contributed by atoms with Crippen LogP contribution in [0.15, 0.2) is 231 Å². The molecule has 0 radical (unpaired) electrons. The summed E-state index contributed by atoms with van der Waals surface area (Å²) in [6.07, 6.45) is 4.16. The van der Waals surface area contributed by atoms with Gasteiger partial charge in [-0.1, -0.05) is 183 Å². The molecule has 15 rings (SSSR count). The number of rotatable bonds is 5. The van der Waals surface area contributed by atoms with Crippen LogP contribution in [0.25, 0.3) is 94.3 Å². The standard InChI is InChI=1S/C67H45N3/c1-2-64-68-60-27-13-16-30-63(60)70(64)46-34-31-42(32-35-46)44-39-45(41-47(40-44)69-61-28-14-8-21-52(61)53-22-9-15-29-62(53)69)48-36-33-43-17-3-4-18-49(43)65-54(48)37-38-59-66(65)55-23-7-12-26-58(55)67(59)56-24-10-5-19-50(56)51-20-6-11-25-57(51)67/h3-32,34-41H,2,33H2,1H3. The van der Waals surface area contributed by atoms with Gasteiger partial charge in [-0.3, -0.25) is 4.57 Å². The number of para-hydroxylation sites is 4. The Balaban J connectivity index is 0.988. The highest BCUT2D eigenvalue weighted by Gasteiger charge is 2.52. The second-order valence-electron chi connectivity index (χ2n) is 19.2.